The summed E-state index contributed by atoms with van der Waals surface area (Å²) in [6, 6.07) is 1.31. The van der Waals surface area contributed by atoms with Crippen LogP contribution in [0.3, 0.4) is 0 Å². The minimum Gasteiger partial charge on any atom is -0.245 e. The van der Waals surface area contributed by atoms with Crippen LogP contribution in [0, 0.1) is 5.92 Å². The van der Waals surface area contributed by atoms with E-state index in [0.29, 0.717) is 5.71 Å². The second-order valence-corrected chi connectivity index (χ2v) is 9.82. The lowest BCUT2D eigenvalue weighted by Gasteiger charge is -2.26. The number of nitrogens with zero attached hydrogens (tertiary/aromatic N) is 3. The molecule has 142 valence electrons. The largest absolute Gasteiger partial charge is 0.501 e. The molecule has 1 N–H and O–H groups in total. The van der Waals surface area contributed by atoms with Gasteiger partial charge in [-0.2, -0.15) is 14.3 Å². The Labute approximate surface area is 161 Å². The van der Waals surface area contributed by atoms with E-state index < -0.39 is 33.4 Å². The Kier molecular flexibility index (Phi) is 4.17. The second kappa shape index (κ2) is 6.18. The molecule has 0 saturated heterocycles. The SMILES string of the molecule is C[N+]1=C2C=CC(S(=O)(=O)NC3(C)CC3)=CC2C(=O)N(Cc2ccns2)C1=O. The monoisotopic (exact) mass is 407 g/mol. The maximum Gasteiger partial charge on any atom is 0.501 e. The number of hydrogen-bond donors (Lipinski definition) is 1. The second-order valence-electron chi connectivity index (χ2n) is 7.22. The molecule has 1 aromatic heterocycles. The van der Waals surface area contributed by atoms with E-state index in [9.17, 15) is 18.0 Å². The van der Waals surface area contributed by atoms with Gasteiger partial charge in [0.25, 0.3) is 0 Å². The lowest BCUT2D eigenvalue weighted by atomic mass is 9.94. The first kappa shape index (κ1) is 18.2. The zero-order valence-corrected chi connectivity index (χ0v) is 16.5. The third-order valence-corrected chi connectivity index (χ3v) is 7.38. The minimum atomic E-state index is -3.72. The number of nitrogens with one attached hydrogen (secondary N) is 1. The predicted octanol–water partition coefficient (Wildman–Crippen LogP) is 1.23. The number of allylic oxidation sites excluding steroid dienone is 2. The van der Waals surface area contributed by atoms with Crippen molar-refractivity contribution in [1.82, 2.24) is 14.0 Å². The summed E-state index contributed by atoms with van der Waals surface area (Å²) in [5, 5.41) is 0. The van der Waals surface area contributed by atoms with Crippen LogP contribution in [0.5, 0.6) is 0 Å². The normalized spacial score (nSPS) is 24.1. The zero-order chi connectivity index (χ0) is 19.4. The molecule has 3 aliphatic rings. The molecule has 0 radical (unpaired) electrons. The van der Waals surface area contributed by atoms with E-state index in [4.69, 9.17) is 0 Å². The predicted molar refractivity (Wildman–Crippen MR) is 99.7 cm³/mol. The number of hydrogen-bond acceptors (Lipinski definition) is 6. The molecule has 1 aromatic rings. The number of carbonyl (C=O) groups is 2. The zero-order valence-electron chi connectivity index (χ0n) is 14.9. The van der Waals surface area contributed by atoms with Gasteiger partial charge in [0.1, 0.15) is 18.2 Å². The molecule has 3 amide bonds. The van der Waals surface area contributed by atoms with Crippen LogP contribution in [0.15, 0.2) is 35.4 Å². The molecule has 4 rings (SSSR count). The van der Waals surface area contributed by atoms with E-state index in [1.807, 2.05) is 6.92 Å². The summed E-state index contributed by atoms with van der Waals surface area (Å²) >= 11 is 1.21. The van der Waals surface area contributed by atoms with Gasteiger partial charge >= 0.3 is 11.9 Å². The highest BCUT2D eigenvalue weighted by molar-refractivity contribution is 7.93. The molecule has 1 saturated carbocycles. The molecule has 27 heavy (non-hydrogen) atoms. The molecule has 10 heteroatoms. The molecular weight excluding hydrogens is 388 g/mol. The van der Waals surface area contributed by atoms with E-state index >= 15 is 0 Å². The van der Waals surface area contributed by atoms with Crippen molar-refractivity contribution in [2.75, 3.05) is 7.05 Å². The van der Waals surface area contributed by atoms with Crippen LogP contribution in [-0.4, -0.2) is 52.5 Å². The fraction of sp³-hybridized carbons (Fsp3) is 0.412. The summed E-state index contributed by atoms with van der Waals surface area (Å²) in [6.45, 7) is 1.97. The number of urea groups is 1. The van der Waals surface area contributed by atoms with Crippen molar-refractivity contribution in [3.8, 4) is 0 Å². The number of aromatic nitrogens is 1. The van der Waals surface area contributed by atoms with Crippen molar-refractivity contribution in [2.45, 2.75) is 31.8 Å². The van der Waals surface area contributed by atoms with E-state index in [0.717, 1.165) is 22.6 Å². The lowest BCUT2D eigenvalue weighted by molar-refractivity contribution is -0.406. The number of carbonyl (C=O) groups excluding carboxylic acids is 2. The average molecular weight is 407 g/mol. The molecule has 2 aliphatic carbocycles. The van der Waals surface area contributed by atoms with Crippen molar-refractivity contribution >= 4 is 39.2 Å². The standard InChI is InChI=1S/C17H19N4O4S2/c1-17(6-7-17)19-27(24,25)12-3-4-14-13(9-12)15(22)21(16(23)20(14)2)10-11-5-8-18-26-11/h3-5,8-9,13,19H,6-7,10H2,1-2H3/q+1. The Bertz CT molecular complexity index is 1020. The van der Waals surface area contributed by atoms with Crippen LogP contribution < -0.4 is 4.72 Å². The van der Waals surface area contributed by atoms with Crippen molar-refractivity contribution in [3.05, 3.63) is 40.3 Å². The summed E-state index contributed by atoms with van der Waals surface area (Å²) < 4.78 is 33.4. The van der Waals surface area contributed by atoms with Gasteiger partial charge in [0.05, 0.1) is 16.8 Å². The van der Waals surface area contributed by atoms with Gasteiger partial charge in [-0.05, 0) is 55.6 Å². The molecule has 1 fully saturated rings. The number of amides is 3. The first-order chi connectivity index (χ1) is 12.7. The van der Waals surface area contributed by atoms with E-state index in [-0.39, 0.29) is 11.4 Å². The fourth-order valence-electron chi connectivity index (χ4n) is 3.13. The van der Waals surface area contributed by atoms with Crippen LogP contribution >= 0.6 is 11.5 Å². The molecule has 1 atom stereocenters. The summed E-state index contributed by atoms with van der Waals surface area (Å²) in [4.78, 5) is 27.5. The van der Waals surface area contributed by atoms with E-state index in [1.54, 1.807) is 19.3 Å². The summed E-state index contributed by atoms with van der Waals surface area (Å²) in [7, 11) is -2.14. The Morgan fingerprint density at radius 3 is 2.74 bits per heavy atom. The minimum absolute atomic E-state index is 0.0539. The molecule has 8 nitrogen and oxygen atoms in total. The first-order valence-corrected chi connectivity index (χ1v) is 10.8. The maximum atomic E-state index is 13.0. The van der Waals surface area contributed by atoms with Crippen LogP contribution in [0.1, 0.15) is 24.6 Å². The van der Waals surface area contributed by atoms with E-state index in [1.165, 1.54) is 34.3 Å². The molecule has 0 spiro atoms. The van der Waals surface area contributed by atoms with Crippen molar-refractivity contribution < 1.29 is 22.6 Å². The van der Waals surface area contributed by atoms with Crippen LogP contribution in [0.25, 0.3) is 0 Å². The van der Waals surface area contributed by atoms with Gasteiger partial charge < -0.3 is 0 Å². The third kappa shape index (κ3) is 3.28. The number of imide groups is 1. The highest BCUT2D eigenvalue weighted by Gasteiger charge is 2.48. The van der Waals surface area contributed by atoms with Crippen molar-refractivity contribution in [3.63, 3.8) is 0 Å². The van der Waals surface area contributed by atoms with Gasteiger partial charge in [0.2, 0.25) is 10.0 Å². The number of sulfonamides is 1. The third-order valence-electron chi connectivity index (χ3n) is 5.00. The summed E-state index contributed by atoms with van der Waals surface area (Å²) in [5.74, 6) is -1.25. The van der Waals surface area contributed by atoms with Crippen LogP contribution in [0.2, 0.25) is 0 Å². The quantitative estimate of drug-likeness (QED) is 0.740. The number of rotatable bonds is 5. The molecule has 1 unspecified atom stereocenters. The fourth-order valence-corrected chi connectivity index (χ4v) is 5.22. The van der Waals surface area contributed by atoms with Crippen LogP contribution in [0.4, 0.5) is 4.79 Å². The summed E-state index contributed by atoms with van der Waals surface area (Å²) in [6.07, 6.45) is 7.60. The highest BCUT2D eigenvalue weighted by atomic mass is 32.2. The molecular formula is C17H19N4O4S2+. The lowest BCUT2D eigenvalue weighted by Crippen LogP contribution is -2.53. The molecule has 1 aliphatic heterocycles. The Morgan fingerprint density at radius 2 is 2.11 bits per heavy atom. The first-order valence-electron chi connectivity index (χ1n) is 8.50. The smallest absolute Gasteiger partial charge is 0.245 e. The topological polar surface area (TPSA) is 99.4 Å². The number of fused-ring (bicyclic) bond motifs is 1. The Hall–Kier alpha value is -2.17. The van der Waals surface area contributed by atoms with Gasteiger partial charge in [-0.25, -0.2) is 22.3 Å². The van der Waals surface area contributed by atoms with Gasteiger partial charge in [-0.15, -0.1) is 0 Å². The van der Waals surface area contributed by atoms with E-state index in [2.05, 4.69) is 9.10 Å². The molecule has 0 aromatic carbocycles. The highest BCUT2D eigenvalue weighted by Crippen LogP contribution is 2.36. The van der Waals surface area contributed by atoms with Crippen molar-refractivity contribution in [2.24, 2.45) is 5.92 Å². The van der Waals surface area contributed by atoms with Crippen LogP contribution in [-0.2, 0) is 21.4 Å². The molecule has 0 bridgehead atoms. The Morgan fingerprint density at radius 1 is 1.37 bits per heavy atom. The average Bonchev–Trinajstić information content (AvgIpc) is 3.12. The van der Waals surface area contributed by atoms with Gasteiger partial charge in [0.15, 0.2) is 0 Å². The van der Waals surface area contributed by atoms with Crippen molar-refractivity contribution in [1.29, 1.82) is 0 Å². The summed E-state index contributed by atoms with van der Waals surface area (Å²) in [5.41, 5.74) is 0.0705. The Balaban J connectivity index is 1.67. The van der Waals surface area contributed by atoms with Gasteiger partial charge in [-0.1, -0.05) is 0 Å². The maximum absolute atomic E-state index is 13.0. The van der Waals surface area contributed by atoms with Gasteiger partial charge in [-0.3, -0.25) is 0 Å². The van der Waals surface area contributed by atoms with Gasteiger partial charge in [0, 0.05) is 11.7 Å². The molecule has 2 heterocycles.